The van der Waals surface area contributed by atoms with Crippen LogP contribution in [0.3, 0.4) is 0 Å². The highest BCUT2D eigenvalue weighted by atomic mass is 16.5. The number of alkyl carbamates (subject to hydrolysis) is 1. The Morgan fingerprint density at radius 3 is 2.12 bits per heavy atom. The van der Waals surface area contributed by atoms with Crippen LogP contribution in [-0.2, 0) is 22.6 Å². The molecule has 2 aromatic carbocycles. The van der Waals surface area contributed by atoms with E-state index in [1.165, 1.54) is 6.08 Å². The van der Waals surface area contributed by atoms with Gasteiger partial charge in [0.05, 0.1) is 0 Å². The molecular weight excluding hydrogens is 318 g/mol. The van der Waals surface area contributed by atoms with Crippen molar-refractivity contribution in [2.45, 2.75) is 25.0 Å². The topological polar surface area (TPSA) is 75.6 Å². The lowest BCUT2D eigenvalue weighted by Gasteiger charge is -2.29. The second kappa shape index (κ2) is 8.68. The van der Waals surface area contributed by atoms with Gasteiger partial charge in [0.15, 0.2) is 0 Å². The minimum atomic E-state index is -1.50. The third-order valence-electron chi connectivity index (χ3n) is 3.81. The van der Waals surface area contributed by atoms with E-state index in [0.29, 0.717) is 0 Å². The summed E-state index contributed by atoms with van der Waals surface area (Å²) in [6.45, 7) is 3.69. The lowest BCUT2D eigenvalue weighted by atomic mass is 9.87. The third kappa shape index (κ3) is 5.21. The highest BCUT2D eigenvalue weighted by Crippen LogP contribution is 2.19. The molecule has 0 fully saturated rings. The fourth-order valence-corrected chi connectivity index (χ4v) is 2.53. The summed E-state index contributed by atoms with van der Waals surface area (Å²) >= 11 is 0. The molecule has 0 bridgehead atoms. The first kappa shape index (κ1) is 18.3. The van der Waals surface area contributed by atoms with Crippen LogP contribution in [0, 0.1) is 0 Å². The van der Waals surface area contributed by atoms with Crippen molar-refractivity contribution >= 4 is 12.1 Å². The normalized spacial score (nSPS) is 12.6. The maximum atomic E-state index is 12.2. The zero-order valence-electron chi connectivity index (χ0n) is 13.9. The number of carbonyl (C=O) groups excluding carboxylic acids is 1. The van der Waals surface area contributed by atoms with Crippen LogP contribution in [0.4, 0.5) is 4.79 Å². The summed E-state index contributed by atoms with van der Waals surface area (Å²) in [5, 5.41) is 12.2. The average molecular weight is 339 g/mol. The first-order valence-electron chi connectivity index (χ1n) is 7.93. The van der Waals surface area contributed by atoms with Crippen LogP contribution in [0.2, 0.25) is 0 Å². The Morgan fingerprint density at radius 2 is 1.60 bits per heavy atom. The van der Waals surface area contributed by atoms with Gasteiger partial charge in [-0.3, -0.25) is 0 Å². The van der Waals surface area contributed by atoms with Crippen molar-refractivity contribution in [2.75, 3.05) is 0 Å². The van der Waals surface area contributed by atoms with Crippen molar-refractivity contribution in [1.82, 2.24) is 5.32 Å². The molecule has 0 aliphatic heterocycles. The van der Waals surface area contributed by atoms with Crippen molar-refractivity contribution in [2.24, 2.45) is 0 Å². The Bertz CT molecular complexity index is 715. The van der Waals surface area contributed by atoms with Gasteiger partial charge in [-0.15, -0.1) is 6.58 Å². The Balaban J connectivity index is 2.10. The van der Waals surface area contributed by atoms with Gasteiger partial charge in [-0.25, -0.2) is 9.59 Å². The number of carboxylic acid groups (broad SMARTS) is 1. The number of hydrogen-bond donors (Lipinski definition) is 2. The van der Waals surface area contributed by atoms with Crippen LogP contribution < -0.4 is 5.32 Å². The van der Waals surface area contributed by atoms with Gasteiger partial charge in [-0.05, 0) is 17.5 Å². The lowest BCUT2D eigenvalue weighted by Crippen LogP contribution is -2.56. The highest BCUT2D eigenvalue weighted by Gasteiger charge is 2.39. The number of rotatable bonds is 8. The molecule has 0 aliphatic carbocycles. The average Bonchev–Trinajstić information content (AvgIpc) is 2.62. The molecule has 2 rings (SSSR count). The van der Waals surface area contributed by atoms with Gasteiger partial charge in [0, 0.05) is 6.42 Å². The van der Waals surface area contributed by atoms with Crippen LogP contribution in [0.5, 0.6) is 0 Å². The first-order chi connectivity index (χ1) is 12.1. The summed E-state index contributed by atoms with van der Waals surface area (Å²) in [5.41, 5.74) is 0.122. The summed E-state index contributed by atoms with van der Waals surface area (Å²) in [7, 11) is 0. The predicted molar refractivity (Wildman–Crippen MR) is 95.1 cm³/mol. The first-order valence-corrected chi connectivity index (χ1v) is 7.93. The minimum absolute atomic E-state index is 0.0712. The zero-order chi connectivity index (χ0) is 18.1. The Kier molecular flexibility index (Phi) is 6.34. The summed E-state index contributed by atoms with van der Waals surface area (Å²) < 4.78 is 5.17. The van der Waals surface area contributed by atoms with E-state index in [1.807, 2.05) is 60.7 Å². The molecule has 25 heavy (non-hydrogen) atoms. The van der Waals surface area contributed by atoms with Gasteiger partial charge in [0.1, 0.15) is 12.1 Å². The number of ether oxygens (including phenoxy) is 1. The molecule has 130 valence electrons. The molecule has 0 radical (unpaired) electrons. The van der Waals surface area contributed by atoms with Crippen molar-refractivity contribution in [1.29, 1.82) is 0 Å². The molecule has 0 aromatic heterocycles. The molecule has 0 aliphatic rings. The van der Waals surface area contributed by atoms with Crippen molar-refractivity contribution in [3.63, 3.8) is 0 Å². The van der Waals surface area contributed by atoms with Crippen LogP contribution in [-0.4, -0.2) is 22.7 Å². The minimum Gasteiger partial charge on any atom is -0.479 e. The number of carbonyl (C=O) groups is 2. The van der Waals surface area contributed by atoms with Gasteiger partial charge in [-0.1, -0.05) is 66.7 Å². The SMILES string of the molecule is C=CC[C@@](Cc1ccccc1)(NC(=O)OCc1ccccc1)C(=O)O. The molecule has 5 nitrogen and oxygen atoms in total. The second-order valence-corrected chi connectivity index (χ2v) is 5.73. The fourth-order valence-electron chi connectivity index (χ4n) is 2.53. The predicted octanol–water partition coefficient (Wildman–Crippen LogP) is 3.56. The van der Waals surface area contributed by atoms with Crippen molar-refractivity contribution in [3.8, 4) is 0 Å². The van der Waals surface area contributed by atoms with E-state index in [9.17, 15) is 14.7 Å². The molecule has 0 saturated carbocycles. The van der Waals surface area contributed by atoms with Crippen molar-refractivity contribution < 1.29 is 19.4 Å². The van der Waals surface area contributed by atoms with Crippen LogP contribution >= 0.6 is 0 Å². The number of benzene rings is 2. The van der Waals surface area contributed by atoms with Gasteiger partial charge >= 0.3 is 12.1 Å². The van der Waals surface area contributed by atoms with E-state index >= 15 is 0 Å². The van der Waals surface area contributed by atoms with Crippen LogP contribution in [0.15, 0.2) is 73.3 Å². The van der Waals surface area contributed by atoms with E-state index in [0.717, 1.165) is 11.1 Å². The van der Waals surface area contributed by atoms with E-state index in [-0.39, 0.29) is 19.4 Å². The molecule has 2 N–H and O–H groups in total. The monoisotopic (exact) mass is 339 g/mol. The molecule has 1 amide bonds. The number of amides is 1. The molecular formula is C20H21NO4. The van der Waals surface area contributed by atoms with E-state index < -0.39 is 17.6 Å². The molecule has 0 heterocycles. The standard InChI is InChI=1S/C20H21NO4/c1-2-13-20(18(22)23,14-16-9-5-3-6-10-16)21-19(24)25-15-17-11-7-4-8-12-17/h2-12H,1,13-15H2,(H,21,24)(H,22,23)/t20-/m0/s1. The molecule has 1 atom stereocenters. The maximum Gasteiger partial charge on any atom is 0.408 e. The van der Waals surface area contributed by atoms with Gasteiger partial charge in [0.2, 0.25) is 0 Å². The zero-order valence-corrected chi connectivity index (χ0v) is 13.9. The van der Waals surface area contributed by atoms with E-state index in [1.54, 1.807) is 0 Å². The Hall–Kier alpha value is -3.08. The Labute approximate surface area is 146 Å². The van der Waals surface area contributed by atoms with Crippen LogP contribution in [0.25, 0.3) is 0 Å². The van der Waals surface area contributed by atoms with E-state index in [2.05, 4.69) is 11.9 Å². The lowest BCUT2D eigenvalue weighted by molar-refractivity contribution is -0.144. The van der Waals surface area contributed by atoms with Gasteiger partial charge in [-0.2, -0.15) is 0 Å². The largest absolute Gasteiger partial charge is 0.479 e. The second-order valence-electron chi connectivity index (χ2n) is 5.73. The fraction of sp³-hybridized carbons (Fsp3) is 0.200. The van der Waals surface area contributed by atoms with Gasteiger partial charge in [0.25, 0.3) is 0 Å². The maximum absolute atomic E-state index is 12.2. The molecule has 0 saturated heterocycles. The summed E-state index contributed by atoms with van der Waals surface area (Å²) in [6, 6.07) is 18.3. The number of hydrogen-bond acceptors (Lipinski definition) is 3. The summed E-state index contributed by atoms with van der Waals surface area (Å²) in [5.74, 6) is -1.13. The van der Waals surface area contributed by atoms with E-state index in [4.69, 9.17) is 4.74 Å². The smallest absolute Gasteiger partial charge is 0.408 e. The number of aliphatic carboxylic acids is 1. The molecule has 5 heteroatoms. The quantitative estimate of drug-likeness (QED) is 0.721. The third-order valence-corrected chi connectivity index (χ3v) is 3.81. The number of carboxylic acids is 1. The number of nitrogens with one attached hydrogen (secondary N) is 1. The molecule has 0 spiro atoms. The van der Waals surface area contributed by atoms with Gasteiger partial charge < -0.3 is 15.2 Å². The molecule has 2 aromatic rings. The van der Waals surface area contributed by atoms with Crippen molar-refractivity contribution in [3.05, 3.63) is 84.4 Å². The summed E-state index contributed by atoms with van der Waals surface area (Å²) in [4.78, 5) is 24.1. The summed E-state index contributed by atoms with van der Waals surface area (Å²) in [6.07, 6.45) is 0.922. The highest BCUT2D eigenvalue weighted by molar-refractivity contribution is 5.85. The van der Waals surface area contributed by atoms with Crippen LogP contribution in [0.1, 0.15) is 17.5 Å². The molecule has 0 unspecified atom stereocenters. The Morgan fingerprint density at radius 1 is 1.04 bits per heavy atom.